The third kappa shape index (κ3) is 6.82. The zero-order chi connectivity index (χ0) is 24.9. The van der Waals surface area contributed by atoms with Gasteiger partial charge in [-0.1, -0.05) is 19.9 Å². The number of nitrogens with one attached hydrogen (secondary N) is 2. The van der Waals surface area contributed by atoms with Crippen LogP contribution in [0, 0.1) is 6.92 Å². The normalized spacial score (nSPS) is 12.6. The molecule has 0 aliphatic carbocycles. The summed E-state index contributed by atoms with van der Waals surface area (Å²) >= 11 is 3.23. The number of esters is 1. The number of ether oxygens (including phenoxy) is 1. The van der Waals surface area contributed by atoms with E-state index < -0.39 is 17.4 Å². The van der Waals surface area contributed by atoms with E-state index in [-0.39, 0.29) is 6.61 Å². The van der Waals surface area contributed by atoms with Crippen molar-refractivity contribution < 1.29 is 9.53 Å². The first-order valence-electron chi connectivity index (χ1n) is 11.3. The highest BCUT2D eigenvalue weighted by molar-refractivity contribution is 7.98. The Morgan fingerprint density at radius 1 is 1.18 bits per heavy atom. The molecule has 4 N–H and O–H groups in total. The van der Waals surface area contributed by atoms with Gasteiger partial charge in [-0.25, -0.2) is 4.72 Å². The Morgan fingerprint density at radius 3 is 2.62 bits per heavy atom. The molecule has 8 heteroatoms. The molecule has 1 aromatic carbocycles. The molecule has 6 nitrogen and oxygen atoms in total. The number of nitrogens with zero attached hydrogens (tertiary/aromatic N) is 1. The summed E-state index contributed by atoms with van der Waals surface area (Å²) in [5, 5.41) is 2.17. The molecule has 2 heterocycles. The molecule has 0 radical (unpaired) electrons. The molecule has 0 amide bonds. The number of rotatable bonds is 10. The fourth-order valence-corrected chi connectivity index (χ4v) is 4.82. The van der Waals surface area contributed by atoms with Crippen molar-refractivity contribution in [2.75, 3.05) is 11.3 Å². The Morgan fingerprint density at radius 2 is 1.94 bits per heavy atom. The van der Waals surface area contributed by atoms with E-state index in [1.807, 2.05) is 26.1 Å². The summed E-state index contributed by atoms with van der Waals surface area (Å²) < 4.78 is 12.0. The predicted octanol–water partition coefficient (Wildman–Crippen LogP) is 5.93. The highest BCUT2D eigenvalue weighted by Crippen LogP contribution is 2.36. The first-order chi connectivity index (χ1) is 16.1. The molecule has 0 saturated heterocycles. The predicted molar refractivity (Wildman–Crippen MR) is 145 cm³/mol. The summed E-state index contributed by atoms with van der Waals surface area (Å²) in [4.78, 5) is 17.6. The Bertz CT molecular complexity index is 1130. The van der Waals surface area contributed by atoms with Gasteiger partial charge in [-0.05, 0) is 85.7 Å². The molecule has 0 bridgehead atoms. The quantitative estimate of drug-likeness (QED) is 0.236. The van der Waals surface area contributed by atoms with Gasteiger partial charge in [0.1, 0.15) is 12.6 Å². The molecule has 0 saturated carbocycles. The third-order valence-corrected chi connectivity index (χ3v) is 7.18. The van der Waals surface area contributed by atoms with Gasteiger partial charge >= 0.3 is 5.97 Å². The molecule has 0 aliphatic rings. The maximum atomic E-state index is 11.8. The van der Waals surface area contributed by atoms with Gasteiger partial charge in [0.25, 0.3) is 0 Å². The Hall–Kier alpha value is -2.39. The van der Waals surface area contributed by atoms with E-state index in [0.29, 0.717) is 6.04 Å². The molecule has 0 fully saturated rings. The van der Waals surface area contributed by atoms with Crippen molar-refractivity contribution in [1.29, 1.82) is 0 Å². The zero-order valence-electron chi connectivity index (χ0n) is 20.6. The van der Waals surface area contributed by atoms with Crippen LogP contribution in [-0.4, -0.2) is 29.6 Å². The molecule has 34 heavy (non-hydrogen) atoms. The standard InChI is InChI=1S/C26H34N4O2S2/c1-16(2)29-34-30-21-7-8-22(17(3)11-21)23-12-20(14-33-23)19-9-10-28-24(13-19)26(5,6)15-32-25(31)18(4)27/h7-14,16,18,29-30H,15,27H2,1-6H3. The molecule has 1 unspecified atom stereocenters. The monoisotopic (exact) mass is 498 g/mol. The molecule has 1 atom stereocenters. The van der Waals surface area contributed by atoms with E-state index in [0.717, 1.165) is 22.5 Å². The largest absolute Gasteiger partial charge is 0.464 e. The molecule has 182 valence electrons. The van der Waals surface area contributed by atoms with Crippen LogP contribution >= 0.6 is 23.5 Å². The van der Waals surface area contributed by atoms with Crippen LogP contribution in [0.4, 0.5) is 5.69 Å². The topological polar surface area (TPSA) is 89.3 Å². The third-order valence-electron chi connectivity index (χ3n) is 5.29. The van der Waals surface area contributed by atoms with Crippen LogP contribution in [0.3, 0.4) is 0 Å². The molecule has 0 aliphatic heterocycles. The second-order valence-corrected chi connectivity index (χ2v) is 11.0. The summed E-state index contributed by atoms with van der Waals surface area (Å²) in [6.45, 7) is 12.2. The van der Waals surface area contributed by atoms with Crippen LogP contribution in [0.1, 0.15) is 45.9 Å². The number of nitrogens with two attached hydrogens (primary N) is 1. The lowest BCUT2D eigenvalue weighted by Gasteiger charge is -2.24. The van der Waals surface area contributed by atoms with Gasteiger partial charge in [0.2, 0.25) is 0 Å². The van der Waals surface area contributed by atoms with E-state index in [1.54, 1.807) is 18.3 Å². The van der Waals surface area contributed by atoms with Crippen molar-refractivity contribution in [3.8, 4) is 21.6 Å². The van der Waals surface area contributed by atoms with E-state index >= 15 is 0 Å². The lowest BCUT2D eigenvalue weighted by Crippen LogP contribution is -2.34. The van der Waals surface area contributed by atoms with Crippen LogP contribution in [0.2, 0.25) is 0 Å². The molecule has 0 spiro atoms. The van der Waals surface area contributed by atoms with E-state index in [1.165, 1.54) is 28.1 Å². The molecular formula is C26H34N4O2S2. The number of carbonyl (C=O) groups excluding carboxylic acids is 1. The zero-order valence-corrected chi connectivity index (χ0v) is 22.3. The van der Waals surface area contributed by atoms with Crippen molar-refractivity contribution in [3.63, 3.8) is 0 Å². The minimum Gasteiger partial charge on any atom is -0.464 e. The van der Waals surface area contributed by atoms with Crippen LogP contribution in [0.15, 0.2) is 48.0 Å². The van der Waals surface area contributed by atoms with Gasteiger partial charge in [0.05, 0.1) is 0 Å². The molecule has 2 aromatic heterocycles. The van der Waals surface area contributed by atoms with Gasteiger partial charge in [-0.3, -0.25) is 9.78 Å². The Labute approximate surface area is 211 Å². The number of aryl methyl sites for hydroxylation is 1. The number of anilines is 1. The number of thiophene rings is 1. The number of hydrogen-bond donors (Lipinski definition) is 3. The number of benzene rings is 1. The first kappa shape index (κ1) is 26.2. The van der Waals surface area contributed by atoms with Crippen LogP contribution in [0.5, 0.6) is 0 Å². The van der Waals surface area contributed by atoms with Crippen molar-refractivity contribution in [2.24, 2.45) is 5.73 Å². The Kier molecular flexibility index (Phi) is 8.76. The van der Waals surface area contributed by atoms with Crippen molar-refractivity contribution >= 4 is 35.1 Å². The fourth-order valence-electron chi connectivity index (χ4n) is 3.28. The summed E-state index contributed by atoms with van der Waals surface area (Å²) in [7, 11) is 0. The number of hydrogen-bond acceptors (Lipinski definition) is 8. The summed E-state index contributed by atoms with van der Waals surface area (Å²) in [6, 6.07) is 12.5. The van der Waals surface area contributed by atoms with Crippen molar-refractivity contribution in [2.45, 2.75) is 59.0 Å². The molecule has 3 aromatic rings. The fraction of sp³-hybridized carbons (Fsp3) is 0.385. The van der Waals surface area contributed by atoms with Crippen molar-refractivity contribution in [1.82, 2.24) is 9.71 Å². The lowest BCUT2D eigenvalue weighted by molar-refractivity contribution is -0.146. The van der Waals surface area contributed by atoms with Crippen LogP contribution in [0.25, 0.3) is 21.6 Å². The SMILES string of the molecule is Cc1cc(NSNC(C)C)ccc1-c1cc(-c2ccnc(C(C)(C)COC(=O)C(C)N)c2)cs1. The average molecular weight is 499 g/mol. The summed E-state index contributed by atoms with van der Waals surface area (Å²) in [5.41, 5.74) is 11.8. The molecular weight excluding hydrogens is 464 g/mol. The Balaban J connectivity index is 1.76. The number of aromatic nitrogens is 1. The van der Waals surface area contributed by atoms with Crippen molar-refractivity contribution in [3.05, 3.63) is 59.2 Å². The van der Waals surface area contributed by atoms with E-state index in [4.69, 9.17) is 10.5 Å². The van der Waals surface area contributed by atoms with Crippen LogP contribution < -0.4 is 15.2 Å². The average Bonchev–Trinajstić information content (AvgIpc) is 3.27. The highest BCUT2D eigenvalue weighted by atomic mass is 32.2. The van der Waals surface area contributed by atoms with E-state index in [9.17, 15) is 4.79 Å². The maximum Gasteiger partial charge on any atom is 0.322 e. The number of carbonyl (C=O) groups is 1. The lowest BCUT2D eigenvalue weighted by atomic mass is 9.88. The van der Waals surface area contributed by atoms with Gasteiger partial charge in [-0.15, -0.1) is 11.3 Å². The minimum atomic E-state index is -0.636. The minimum absolute atomic E-state index is 0.225. The van der Waals surface area contributed by atoms with Crippen LogP contribution in [-0.2, 0) is 14.9 Å². The van der Waals surface area contributed by atoms with Gasteiger partial charge in [-0.2, -0.15) is 0 Å². The highest BCUT2D eigenvalue weighted by Gasteiger charge is 2.26. The van der Waals surface area contributed by atoms with Gasteiger partial charge < -0.3 is 15.2 Å². The summed E-state index contributed by atoms with van der Waals surface area (Å²) in [5.74, 6) is -0.405. The molecule has 3 rings (SSSR count). The second-order valence-electron chi connectivity index (χ2n) is 9.42. The van der Waals surface area contributed by atoms with Gasteiger partial charge in [0.15, 0.2) is 0 Å². The maximum absolute atomic E-state index is 11.8. The first-order valence-corrected chi connectivity index (χ1v) is 13.0. The van der Waals surface area contributed by atoms with E-state index in [2.05, 4.69) is 70.9 Å². The second kappa shape index (κ2) is 11.4. The van der Waals surface area contributed by atoms with Gasteiger partial charge in [0, 0.05) is 46.0 Å². The smallest absolute Gasteiger partial charge is 0.322 e. The summed E-state index contributed by atoms with van der Waals surface area (Å²) in [6.07, 6.45) is 1.81. The number of pyridine rings is 1.